The minimum absolute atomic E-state index is 0.113. The average Bonchev–Trinajstić information content (AvgIpc) is 2.83. The number of hydrogen-bond donors (Lipinski definition) is 2. The van der Waals surface area contributed by atoms with Crippen molar-refractivity contribution in [2.75, 3.05) is 13.2 Å². The number of hydrogen-bond acceptors (Lipinski definition) is 4. The highest BCUT2D eigenvalue weighted by Crippen LogP contribution is 2.21. The summed E-state index contributed by atoms with van der Waals surface area (Å²) in [6, 6.07) is 4.80. The molecule has 0 aliphatic carbocycles. The molecule has 0 saturated carbocycles. The van der Waals surface area contributed by atoms with Gasteiger partial charge in [-0.1, -0.05) is 22.0 Å². The van der Waals surface area contributed by atoms with E-state index in [1.165, 1.54) is 12.1 Å². The first-order valence-corrected chi connectivity index (χ1v) is 8.44. The van der Waals surface area contributed by atoms with Gasteiger partial charge in [0.2, 0.25) is 10.0 Å². The fourth-order valence-electron chi connectivity index (χ4n) is 2.02. The Morgan fingerprint density at radius 2 is 2.26 bits per heavy atom. The minimum atomic E-state index is -3.65. The molecule has 1 unspecified atom stereocenters. The average molecular weight is 349 g/mol. The van der Waals surface area contributed by atoms with Crippen LogP contribution < -0.4 is 10.5 Å². The van der Waals surface area contributed by atoms with E-state index >= 15 is 0 Å². The smallest absolute Gasteiger partial charge is 0.238 e. The molecule has 1 heterocycles. The largest absolute Gasteiger partial charge is 0.377 e. The van der Waals surface area contributed by atoms with Crippen LogP contribution in [0.2, 0.25) is 0 Å². The van der Waals surface area contributed by atoms with Gasteiger partial charge in [0, 0.05) is 24.2 Å². The van der Waals surface area contributed by atoms with Crippen molar-refractivity contribution in [3.05, 3.63) is 28.2 Å². The van der Waals surface area contributed by atoms with Crippen LogP contribution in [0.25, 0.3) is 0 Å². The Kier molecular flexibility index (Phi) is 4.97. The Morgan fingerprint density at radius 3 is 2.84 bits per heavy atom. The van der Waals surface area contributed by atoms with Crippen LogP contribution in [0.5, 0.6) is 0 Å². The monoisotopic (exact) mass is 348 g/mol. The molecule has 1 aromatic rings. The maximum absolute atomic E-state index is 11.2. The zero-order valence-corrected chi connectivity index (χ0v) is 12.8. The van der Waals surface area contributed by atoms with Gasteiger partial charge in [0.1, 0.15) is 0 Å². The molecule has 0 amide bonds. The third kappa shape index (κ3) is 4.25. The van der Waals surface area contributed by atoms with Crippen molar-refractivity contribution in [3.63, 3.8) is 0 Å². The molecule has 19 heavy (non-hydrogen) atoms. The van der Waals surface area contributed by atoms with Gasteiger partial charge in [-0.05, 0) is 30.5 Å². The molecule has 0 radical (unpaired) electrons. The first-order chi connectivity index (χ1) is 8.97. The highest BCUT2D eigenvalue weighted by Gasteiger charge is 2.15. The minimum Gasteiger partial charge on any atom is -0.377 e. The third-order valence-corrected chi connectivity index (χ3v) is 4.71. The highest BCUT2D eigenvalue weighted by molar-refractivity contribution is 9.10. The third-order valence-electron chi connectivity index (χ3n) is 3.06. The van der Waals surface area contributed by atoms with Gasteiger partial charge in [0.25, 0.3) is 0 Å². The van der Waals surface area contributed by atoms with Crippen molar-refractivity contribution >= 4 is 26.0 Å². The zero-order valence-electron chi connectivity index (χ0n) is 10.4. The summed E-state index contributed by atoms with van der Waals surface area (Å²) in [5.41, 5.74) is 0.991. The second kappa shape index (κ2) is 6.32. The van der Waals surface area contributed by atoms with Crippen molar-refractivity contribution in [2.24, 2.45) is 5.14 Å². The maximum Gasteiger partial charge on any atom is 0.238 e. The molecule has 3 N–H and O–H groups in total. The number of halogens is 1. The normalized spacial score (nSPS) is 19.8. The van der Waals surface area contributed by atoms with Gasteiger partial charge in [-0.2, -0.15) is 0 Å². The molecule has 1 atom stereocenters. The lowest BCUT2D eigenvalue weighted by Gasteiger charge is -2.12. The Balaban J connectivity index is 1.93. The van der Waals surface area contributed by atoms with E-state index < -0.39 is 10.0 Å². The van der Waals surface area contributed by atoms with E-state index in [2.05, 4.69) is 21.2 Å². The molecular formula is C12H17BrN2O3S. The predicted molar refractivity (Wildman–Crippen MR) is 76.2 cm³/mol. The summed E-state index contributed by atoms with van der Waals surface area (Å²) < 4.78 is 28.7. The Hall–Kier alpha value is -0.470. The Morgan fingerprint density at radius 1 is 1.47 bits per heavy atom. The van der Waals surface area contributed by atoms with Gasteiger partial charge in [-0.25, -0.2) is 13.6 Å². The summed E-state index contributed by atoms with van der Waals surface area (Å²) in [6.07, 6.45) is 2.51. The Bertz CT molecular complexity index is 542. The van der Waals surface area contributed by atoms with Crippen molar-refractivity contribution in [3.8, 4) is 0 Å². The summed E-state index contributed by atoms with van der Waals surface area (Å²) in [7, 11) is -3.65. The molecule has 5 nitrogen and oxygen atoms in total. The van der Waals surface area contributed by atoms with E-state index in [0.717, 1.165) is 36.0 Å². The zero-order chi connectivity index (χ0) is 13.9. The van der Waals surface area contributed by atoms with Crippen molar-refractivity contribution < 1.29 is 13.2 Å². The molecule has 7 heteroatoms. The number of nitrogens with two attached hydrogens (primary N) is 1. The fraction of sp³-hybridized carbons (Fsp3) is 0.500. The summed E-state index contributed by atoms with van der Waals surface area (Å²) in [5, 5.41) is 8.38. The van der Waals surface area contributed by atoms with Gasteiger partial charge in [0.15, 0.2) is 0 Å². The van der Waals surface area contributed by atoms with Gasteiger partial charge in [-0.15, -0.1) is 0 Å². The lowest BCUT2D eigenvalue weighted by atomic mass is 10.2. The van der Waals surface area contributed by atoms with E-state index in [1.807, 2.05) is 0 Å². The van der Waals surface area contributed by atoms with Crippen molar-refractivity contribution in [1.82, 2.24) is 5.32 Å². The standard InChI is InChI=1S/C12H17BrN2O3S/c13-12-6-11(19(14,16)17)4-3-9(12)7-15-8-10-2-1-5-18-10/h3-4,6,10,15H,1-2,5,7-8H2,(H2,14,16,17). The molecule has 0 spiro atoms. The number of nitrogens with one attached hydrogen (secondary N) is 1. The van der Waals surface area contributed by atoms with Crippen LogP contribution in [0, 0.1) is 0 Å². The second-order valence-corrected chi connectivity index (χ2v) is 6.98. The lowest BCUT2D eigenvalue weighted by Crippen LogP contribution is -2.26. The van der Waals surface area contributed by atoms with Crippen LogP contribution in [-0.2, 0) is 21.3 Å². The van der Waals surface area contributed by atoms with Gasteiger partial charge >= 0.3 is 0 Å². The predicted octanol–water partition coefficient (Wildman–Crippen LogP) is 1.37. The number of sulfonamides is 1. The molecule has 1 saturated heterocycles. The van der Waals surface area contributed by atoms with Gasteiger partial charge < -0.3 is 10.1 Å². The first kappa shape index (κ1) is 14.9. The SMILES string of the molecule is NS(=O)(=O)c1ccc(CNCC2CCCO2)c(Br)c1. The van der Waals surface area contributed by atoms with E-state index in [4.69, 9.17) is 9.88 Å². The highest BCUT2D eigenvalue weighted by atomic mass is 79.9. The molecule has 1 fully saturated rings. The van der Waals surface area contributed by atoms with Crippen LogP contribution >= 0.6 is 15.9 Å². The molecule has 0 aromatic heterocycles. The quantitative estimate of drug-likeness (QED) is 0.841. The molecule has 1 aromatic carbocycles. The Labute approximate surface area is 121 Å². The number of benzene rings is 1. The van der Waals surface area contributed by atoms with Crippen LogP contribution in [0.3, 0.4) is 0 Å². The molecule has 1 aliphatic rings. The maximum atomic E-state index is 11.2. The summed E-state index contributed by atoms with van der Waals surface area (Å²) >= 11 is 3.36. The van der Waals surface area contributed by atoms with Crippen molar-refractivity contribution in [1.29, 1.82) is 0 Å². The van der Waals surface area contributed by atoms with Gasteiger partial charge in [-0.3, -0.25) is 0 Å². The molecular weight excluding hydrogens is 332 g/mol. The summed E-state index contributed by atoms with van der Waals surface area (Å²) in [4.78, 5) is 0.113. The molecule has 1 aliphatic heterocycles. The lowest BCUT2D eigenvalue weighted by molar-refractivity contribution is 0.110. The van der Waals surface area contributed by atoms with Crippen LogP contribution in [0.4, 0.5) is 0 Å². The molecule has 2 rings (SSSR count). The first-order valence-electron chi connectivity index (χ1n) is 6.10. The van der Waals surface area contributed by atoms with Crippen LogP contribution in [0.15, 0.2) is 27.6 Å². The fourth-order valence-corrected chi connectivity index (χ4v) is 3.23. The number of primary sulfonamides is 1. The van der Waals surface area contributed by atoms with E-state index in [1.54, 1.807) is 6.07 Å². The van der Waals surface area contributed by atoms with E-state index in [-0.39, 0.29) is 4.90 Å². The summed E-state index contributed by atoms with van der Waals surface area (Å²) in [5.74, 6) is 0. The van der Waals surface area contributed by atoms with Crippen LogP contribution in [-0.4, -0.2) is 27.7 Å². The van der Waals surface area contributed by atoms with Gasteiger partial charge in [0.05, 0.1) is 11.0 Å². The second-order valence-electron chi connectivity index (χ2n) is 4.56. The topological polar surface area (TPSA) is 81.4 Å². The van der Waals surface area contributed by atoms with E-state index in [0.29, 0.717) is 12.6 Å². The molecule has 0 bridgehead atoms. The number of ether oxygens (including phenoxy) is 1. The van der Waals surface area contributed by atoms with E-state index in [9.17, 15) is 8.42 Å². The van der Waals surface area contributed by atoms with Crippen molar-refractivity contribution in [2.45, 2.75) is 30.4 Å². The number of rotatable bonds is 5. The summed E-state index contributed by atoms with van der Waals surface area (Å²) in [6.45, 7) is 2.31. The van der Waals surface area contributed by atoms with Crippen LogP contribution in [0.1, 0.15) is 18.4 Å². The molecule has 106 valence electrons.